The van der Waals surface area contributed by atoms with E-state index < -0.39 is 25.9 Å². The van der Waals surface area contributed by atoms with Crippen molar-refractivity contribution in [1.82, 2.24) is 0 Å². The maximum Gasteiger partial charge on any atom is 0.311 e. The normalized spacial score (nSPS) is 46.3. The van der Waals surface area contributed by atoms with Crippen LogP contribution in [0, 0.1) is 56.2 Å². The minimum Gasteiger partial charge on any atom is -0.465 e. The maximum absolute atomic E-state index is 13.0. The lowest BCUT2D eigenvalue weighted by molar-refractivity contribution is -0.240. The van der Waals surface area contributed by atoms with Crippen LogP contribution in [-0.4, -0.2) is 49.4 Å². The zero-order valence-corrected chi connectivity index (χ0v) is 33.8. The van der Waals surface area contributed by atoms with Crippen LogP contribution in [0.2, 0.25) is 18.1 Å². The number of allylic oxidation sites excluding steroid dienone is 2. The van der Waals surface area contributed by atoms with Gasteiger partial charge in [-0.25, -0.2) is 0 Å². The number of fused-ring (bicyclic) bond motifs is 6. The Labute approximate surface area is 289 Å². The third-order valence-corrected chi connectivity index (χ3v) is 20.7. The number of ether oxygens (including phenoxy) is 1. The highest BCUT2D eigenvalue weighted by Crippen LogP contribution is 2.85. The van der Waals surface area contributed by atoms with Crippen LogP contribution in [0.25, 0.3) is 0 Å². The SMILES string of the molecule is CC(C)=CCCC1(COC(=O)C(C)(C)C)CC12C1CC(O)C3C(C)(CCC4C(C)C(O[Si](C)(C)C(C)(C)C)CC[C@@]43C)[C@@]1(C)C[C@@H]2O. The first-order valence-electron chi connectivity index (χ1n) is 19.2. The zero-order valence-electron chi connectivity index (χ0n) is 32.8. The summed E-state index contributed by atoms with van der Waals surface area (Å²) in [6, 6.07) is 0. The Morgan fingerprint density at radius 1 is 0.979 bits per heavy atom. The van der Waals surface area contributed by atoms with Gasteiger partial charge in [0.15, 0.2) is 8.32 Å². The molecule has 0 aromatic heterocycles. The van der Waals surface area contributed by atoms with E-state index in [-0.39, 0.29) is 49.9 Å². The third kappa shape index (κ3) is 5.59. The van der Waals surface area contributed by atoms with Crippen LogP contribution >= 0.6 is 0 Å². The molecule has 5 saturated carbocycles. The lowest BCUT2D eigenvalue weighted by Gasteiger charge is -2.69. The Hall–Kier alpha value is -0.693. The first-order valence-corrected chi connectivity index (χ1v) is 22.1. The molecule has 0 amide bonds. The lowest BCUT2D eigenvalue weighted by Crippen LogP contribution is -2.66. The molecule has 9 unspecified atom stereocenters. The summed E-state index contributed by atoms with van der Waals surface area (Å²) in [5.41, 5.74) is 0.0465. The number of hydrogen-bond donors (Lipinski definition) is 2. The molecule has 5 fully saturated rings. The van der Waals surface area contributed by atoms with Gasteiger partial charge in [0.2, 0.25) is 0 Å². The molecule has 6 heteroatoms. The smallest absolute Gasteiger partial charge is 0.311 e. The van der Waals surface area contributed by atoms with E-state index in [0.717, 1.165) is 57.8 Å². The summed E-state index contributed by atoms with van der Waals surface area (Å²) < 4.78 is 13.2. The van der Waals surface area contributed by atoms with Gasteiger partial charge in [0.25, 0.3) is 0 Å². The van der Waals surface area contributed by atoms with Gasteiger partial charge in [0, 0.05) is 16.9 Å². The molecule has 12 atom stereocenters. The molecule has 0 heterocycles. The Kier molecular flexibility index (Phi) is 9.32. The van der Waals surface area contributed by atoms with Crippen molar-refractivity contribution < 1.29 is 24.2 Å². The second-order valence-electron chi connectivity index (χ2n) is 21.0. The fourth-order valence-electron chi connectivity index (χ4n) is 12.4. The predicted molar refractivity (Wildman–Crippen MR) is 194 cm³/mol. The van der Waals surface area contributed by atoms with Crippen LogP contribution < -0.4 is 0 Å². The van der Waals surface area contributed by atoms with Gasteiger partial charge in [-0.15, -0.1) is 0 Å². The monoisotopic (exact) mass is 673 g/mol. The molecule has 5 aliphatic rings. The highest BCUT2D eigenvalue weighted by atomic mass is 28.4. The van der Waals surface area contributed by atoms with Gasteiger partial charge >= 0.3 is 5.97 Å². The molecule has 0 aliphatic heterocycles. The van der Waals surface area contributed by atoms with E-state index in [1.807, 2.05) is 20.8 Å². The molecule has 1 spiro atoms. The largest absolute Gasteiger partial charge is 0.465 e. The van der Waals surface area contributed by atoms with Crippen LogP contribution in [0.15, 0.2) is 11.6 Å². The number of rotatable bonds is 7. The minimum atomic E-state index is -1.89. The van der Waals surface area contributed by atoms with Gasteiger partial charge < -0.3 is 19.4 Å². The Morgan fingerprint density at radius 3 is 2.19 bits per heavy atom. The molecule has 0 aromatic rings. The summed E-state index contributed by atoms with van der Waals surface area (Å²) in [6.45, 7) is 32.1. The van der Waals surface area contributed by atoms with Crippen LogP contribution in [0.3, 0.4) is 0 Å². The number of carbonyl (C=O) groups is 1. The topological polar surface area (TPSA) is 76.0 Å². The van der Waals surface area contributed by atoms with Gasteiger partial charge in [-0.2, -0.15) is 0 Å². The van der Waals surface area contributed by atoms with Gasteiger partial charge in [-0.3, -0.25) is 4.79 Å². The summed E-state index contributed by atoms with van der Waals surface area (Å²) >= 11 is 0. The molecule has 0 bridgehead atoms. The van der Waals surface area contributed by atoms with Crippen molar-refractivity contribution in [2.45, 2.75) is 177 Å². The Bertz CT molecular complexity index is 1240. The van der Waals surface area contributed by atoms with Crippen molar-refractivity contribution in [2.24, 2.45) is 56.2 Å². The van der Waals surface area contributed by atoms with Crippen molar-refractivity contribution in [3.05, 3.63) is 11.6 Å². The molecular weight excluding hydrogens is 601 g/mol. The molecule has 5 rings (SSSR count). The van der Waals surface area contributed by atoms with Gasteiger partial charge in [-0.05, 0) is 150 Å². The summed E-state index contributed by atoms with van der Waals surface area (Å²) in [5.74, 6) is 1.23. The van der Waals surface area contributed by atoms with Gasteiger partial charge in [-0.1, -0.05) is 60.1 Å². The van der Waals surface area contributed by atoms with Crippen LogP contribution in [-0.2, 0) is 14.0 Å². The third-order valence-electron chi connectivity index (χ3n) is 16.2. The van der Waals surface area contributed by atoms with Crippen LogP contribution in [0.1, 0.15) is 141 Å². The first kappa shape index (κ1) is 37.6. The molecule has 5 aliphatic carbocycles. The summed E-state index contributed by atoms with van der Waals surface area (Å²) in [5, 5.41) is 24.9. The molecule has 5 nitrogen and oxygen atoms in total. The summed E-state index contributed by atoms with van der Waals surface area (Å²) in [4.78, 5) is 13.0. The van der Waals surface area contributed by atoms with Crippen molar-refractivity contribution >= 4 is 14.3 Å². The number of carbonyl (C=O) groups excluding carboxylic acids is 1. The molecule has 0 radical (unpaired) electrons. The molecule has 47 heavy (non-hydrogen) atoms. The Morgan fingerprint density at radius 2 is 1.62 bits per heavy atom. The average molecular weight is 673 g/mol. The van der Waals surface area contributed by atoms with E-state index >= 15 is 0 Å². The standard InChI is InChI=1S/C41H72O5Si/c1-26(2)16-15-19-40(25-45-34(44)35(4,5)6)24-41(40)31-22-29(42)33-37(10)20-18-30(46-47(13,14)36(7,8)9)27(3)28(37)17-21-38(33,11)39(31,12)23-32(41)43/h16,27-33,42-43H,15,17-25H2,1-14H3/t27?,28?,29?,30?,31?,32-,33?,37-,38?,39-,40?,41?/m0/s1. The summed E-state index contributed by atoms with van der Waals surface area (Å²) in [7, 11) is -1.89. The second kappa shape index (κ2) is 11.7. The maximum atomic E-state index is 13.0. The van der Waals surface area contributed by atoms with E-state index in [9.17, 15) is 15.0 Å². The Balaban J connectivity index is 1.45. The zero-order chi connectivity index (χ0) is 35.4. The number of hydrogen-bond acceptors (Lipinski definition) is 5. The average Bonchev–Trinajstić information content (AvgIpc) is 3.52. The number of aliphatic hydroxyl groups excluding tert-OH is 2. The van der Waals surface area contributed by atoms with Crippen LogP contribution in [0.4, 0.5) is 0 Å². The fraction of sp³-hybridized carbons (Fsp3) is 0.927. The predicted octanol–water partition coefficient (Wildman–Crippen LogP) is 9.71. The fourth-order valence-corrected chi connectivity index (χ4v) is 13.9. The molecule has 0 saturated heterocycles. The molecular formula is C41H72O5Si. The second-order valence-corrected chi connectivity index (χ2v) is 25.8. The van der Waals surface area contributed by atoms with Crippen molar-refractivity contribution in [2.75, 3.05) is 6.61 Å². The summed E-state index contributed by atoms with van der Waals surface area (Å²) in [6.07, 6.45) is 10.4. The van der Waals surface area contributed by atoms with Crippen LogP contribution in [0.5, 0.6) is 0 Å². The highest BCUT2D eigenvalue weighted by Gasteiger charge is 2.83. The van der Waals surface area contributed by atoms with E-state index in [1.165, 1.54) is 5.57 Å². The number of esters is 1. The van der Waals surface area contributed by atoms with Gasteiger partial charge in [0.1, 0.15) is 0 Å². The molecule has 270 valence electrons. The van der Waals surface area contributed by atoms with Crippen molar-refractivity contribution in [3.63, 3.8) is 0 Å². The molecule has 2 N–H and O–H groups in total. The minimum absolute atomic E-state index is 0.0418. The van der Waals surface area contributed by atoms with E-state index in [1.54, 1.807) is 0 Å². The lowest BCUT2D eigenvalue weighted by atomic mass is 9.36. The van der Waals surface area contributed by atoms with Gasteiger partial charge in [0.05, 0.1) is 24.2 Å². The van der Waals surface area contributed by atoms with Crippen molar-refractivity contribution in [1.29, 1.82) is 0 Å². The van der Waals surface area contributed by atoms with Crippen molar-refractivity contribution in [3.8, 4) is 0 Å². The van der Waals surface area contributed by atoms with E-state index in [2.05, 4.69) is 81.5 Å². The number of aliphatic hydroxyl groups is 2. The first-order chi connectivity index (χ1) is 21.3. The van der Waals surface area contributed by atoms with E-state index in [0.29, 0.717) is 24.5 Å². The highest BCUT2D eigenvalue weighted by molar-refractivity contribution is 6.74. The van der Waals surface area contributed by atoms with E-state index in [4.69, 9.17) is 9.16 Å². The quantitative estimate of drug-likeness (QED) is 0.160. The molecule has 0 aromatic carbocycles.